The van der Waals surface area contributed by atoms with Gasteiger partial charge in [-0.05, 0) is 49.2 Å². The van der Waals surface area contributed by atoms with Crippen molar-refractivity contribution in [3.8, 4) is 5.75 Å². The second-order valence-electron chi connectivity index (χ2n) is 9.82. The summed E-state index contributed by atoms with van der Waals surface area (Å²) in [5.41, 5.74) is 0.0357. The lowest BCUT2D eigenvalue weighted by Gasteiger charge is -2.38. The standard InChI is InChI=1S/C29H22ClN3O6/c1-16-7-5-8-17(2)24(16)32-27-23(25(34)20-15-18(30)11-12-22(20)39-27)29(28(32)36)13-6-14-31(29)26(35)19-9-3-4-10-21(19)33(37)38/h3-13,15,23,27H,14H2,1-2H3. The second-order valence-corrected chi connectivity index (χ2v) is 10.3. The summed E-state index contributed by atoms with van der Waals surface area (Å²) in [5, 5.41) is 12.1. The molecule has 1 spiro atoms. The second kappa shape index (κ2) is 8.78. The zero-order valence-corrected chi connectivity index (χ0v) is 21.7. The highest BCUT2D eigenvalue weighted by Crippen LogP contribution is 2.51. The number of para-hydroxylation sites is 2. The Hall–Kier alpha value is -4.50. The molecule has 0 N–H and O–H groups in total. The maximum absolute atomic E-state index is 14.6. The molecule has 3 aromatic carbocycles. The van der Waals surface area contributed by atoms with Crippen molar-refractivity contribution in [2.75, 3.05) is 11.4 Å². The molecule has 3 aliphatic heterocycles. The van der Waals surface area contributed by atoms with Gasteiger partial charge in [0.05, 0.1) is 16.2 Å². The lowest BCUT2D eigenvalue weighted by Crippen LogP contribution is -2.58. The molecule has 2 amide bonds. The van der Waals surface area contributed by atoms with Gasteiger partial charge >= 0.3 is 0 Å². The van der Waals surface area contributed by atoms with Crippen LogP contribution in [0.3, 0.4) is 0 Å². The number of hydrogen-bond donors (Lipinski definition) is 0. The number of nitro groups is 1. The molecule has 3 aromatic rings. The van der Waals surface area contributed by atoms with Gasteiger partial charge in [-0.2, -0.15) is 0 Å². The summed E-state index contributed by atoms with van der Waals surface area (Å²) in [6, 6.07) is 15.8. The third-order valence-corrected chi connectivity index (χ3v) is 7.91. The van der Waals surface area contributed by atoms with Crippen molar-refractivity contribution in [1.82, 2.24) is 4.90 Å². The van der Waals surface area contributed by atoms with Crippen LogP contribution in [-0.2, 0) is 4.79 Å². The topological polar surface area (TPSA) is 110 Å². The number of aryl methyl sites for hydroxylation is 2. The number of ether oxygens (including phenoxy) is 1. The van der Waals surface area contributed by atoms with Crippen LogP contribution in [0.4, 0.5) is 11.4 Å². The number of ketones is 1. The Morgan fingerprint density at radius 3 is 2.51 bits per heavy atom. The highest BCUT2D eigenvalue weighted by atomic mass is 35.5. The van der Waals surface area contributed by atoms with Crippen LogP contribution in [0.2, 0.25) is 5.02 Å². The van der Waals surface area contributed by atoms with Gasteiger partial charge in [-0.15, -0.1) is 0 Å². The molecule has 10 heteroatoms. The largest absolute Gasteiger partial charge is 0.468 e. The van der Waals surface area contributed by atoms with Crippen molar-refractivity contribution in [2.45, 2.75) is 25.6 Å². The Morgan fingerprint density at radius 2 is 1.79 bits per heavy atom. The Balaban J connectivity index is 1.57. The van der Waals surface area contributed by atoms with Crippen LogP contribution in [0, 0.1) is 29.9 Å². The fourth-order valence-electron chi connectivity index (χ4n) is 6.01. The Labute approximate surface area is 228 Å². The van der Waals surface area contributed by atoms with E-state index in [1.807, 2.05) is 32.0 Å². The minimum atomic E-state index is -1.77. The molecule has 196 valence electrons. The lowest BCUT2D eigenvalue weighted by molar-refractivity contribution is -0.385. The molecule has 0 saturated carbocycles. The number of rotatable bonds is 3. The fraction of sp³-hybridized carbons (Fsp3) is 0.207. The Morgan fingerprint density at radius 1 is 1.08 bits per heavy atom. The number of carbonyl (C=O) groups is 3. The van der Waals surface area contributed by atoms with Gasteiger partial charge in [0.1, 0.15) is 17.2 Å². The van der Waals surface area contributed by atoms with Crippen LogP contribution < -0.4 is 9.64 Å². The van der Waals surface area contributed by atoms with Crippen LogP contribution in [0.15, 0.2) is 72.8 Å². The van der Waals surface area contributed by atoms with E-state index in [1.54, 1.807) is 24.3 Å². The highest BCUT2D eigenvalue weighted by molar-refractivity contribution is 6.31. The number of Topliss-reactive ketones (excluding diaryl/α,β-unsaturated/α-hetero) is 1. The molecule has 9 nitrogen and oxygen atoms in total. The van der Waals surface area contributed by atoms with Crippen molar-refractivity contribution in [2.24, 2.45) is 5.92 Å². The molecule has 3 atom stereocenters. The molecule has 6 rings (SSSR count). The number of nitro benzene ring substituents is 1. The molecule has 0 radical (unpaired) electrons. The molecule has 0 aliphatic carbocycles. The monoisotopic (exact) mass is 543 g/mol. The summed E-state index contributed by atoms with van der Waals surface area (Å²) < 4.78 is 6.36. The first-order chi connectivity index (χ1) is 18.7. The average molecular weight is 544 g/mol. The van der Waals surface area contributed by atoms with Gasteiger partial charge < -0.3 is 9.64 Å². The first-order valence-electron chi connectivity index (χ1n) is 12.3. The summed E-state index contributed by atoms with van der Waals surface area (Å²) in [6.45, 7) is 3.69. The molecule has 0 bridgehead atoms. The van der Waals surface area contributed by atoms with E-state index in [-0.39, 0.29) is 29.1 Å². The molecular weight excluding hydrogens is 522 g/mol. The van der Waals surface area contributed by atoms with Crippen molar-refractivity contribution in [1.29, 1.82) is 0 Å². The van der Waals surface area contributed by atoms with Crippen molar-refractivity contribution in [3.63, 3.8) is 0 Å². The normalized spacial score (nSPS) is 23.2. The predicted molar refractivity (Wildman–Crippen MR) is 143 cm³/mol. The predicted octanol–water partition coefficient (Wildman–Crippen LogP) is 4.88. The number of anilines is 1. The van der Waals surface area contributed by atoms with Crippen LogP contribution in [0.25, 0.3) is 0 Å². The van der Waals surface area contributed by atoms with Gasteiger partial charge in [0.25, 0.3) is 17.5 Å². The molecular formula is C29H22ClN3O6. The smallest absolute Gasteiger partial charge is 0.282 e. The molecule has 3 aliphatic rings. The summed E-state index contributed by atoms with van der Waals surface area (Å²) in [5.74, 6) is -2.53. The van der Waals surface area contributed by atoms with E-state index in [9.17, 15) is 24.5 Å². The maximum Gasteiger partial charge on any atom is 0.282 e. The number of nitrogens with zero attached hydrogens (tertiary/aromatic N) is 3. The molecule has 0 aromatic heterocycles. The average Bonchev–Trinajstić information content (AvgIpc) is 3.45. The van der Waals surface area contributed by atoms with E-state index in [1.165, 1.54) is 40.1 Å². The fourth-order valence-corrected chi connectivity index (χ4v) is 6.19. The first kappa shape index (κ1) is 24.8. The van der Waals surface area contributed by atoms with E-state index in [4.69, 9.17) is 16.3 Å². The maximum atomic E-state index is 14.6. The number of fused-ring (bicyclic) bond motifs is 3. The number of halogens is 1. The quantitative estimate of drug-likeness (QED) is 0.264. The zero-order valence-electron chi connectivity index (χ0n) is 21.0. The van der Waals surface area contributed by atoms with E-state index in [0.717, 1.165) is 11.1 Å². The highest BCUT2D eigenvalue weighted by Gasteiger charge is 2.69. The zero-order chi connectivity index (χ0) is 27.6. The van der Waals surface area contributed by atoms with E-state index < -0.39 is 40.2 Å². The Bertz CT molecular complexity index is 1610. The number of hydrogen-bond acceptors (Lipinski definition) is 6. The van der Waals surface area contributed by atoms with E-state index >= 15 is 0 Å². The van der Waals surface area contributed by atoms with Gasteiger partial charge in [-0.25, -0.2) is 0 Å². The first-order valence-corrected chi connectivity index (χ1v) is 12.7. The summed E-state index contributed by atoms with van der Waals surface area (Å²) >= 11 is 6.21. The van der Waals surface area contributed by atoms with Crippen LogP contribution in [-0.4, -0.2) is 45.7 Å². The molecule has 3 unspecified atom stereocenters. The third-order valence-electron chi connectivity index (χ3n) is 7.68. The Kier molecular flexibility index (Phi) is 5.58. The van der Waals surface area contributed by atoms with E-state index in [0.29, 0.717) is 10.7 Å². The van der Waals surface area contributed by atoms with E-state index in [2.05, 4.69) is 0 Å². The lowest BCUT2D eigenvalue weighted by atomic mass is 9.78. The minimum Gasteiger partial charge on any atom is -0.468 e. The van der Waals surface area contributed by atoms with Crippen LogP contribution in [0.5, 0.6) is 5.75 Å². The van der Waals surface area contributed by atoms with Gasteiger partial charge in [-0.1, -0.05) is 54.1 Å². The van der Waals surface area contributed by atoms with Crippen LogP contribution in [0.1, 0.15) is 31.8 Å². The number of amides is 2. The van der Waals surface area contributed by atoms with Gasteiger partial charge in [0, 0.05) is 17.6 Å². The van der Waals surface area contributed by atoms with Crippen molar-refractivity contribution >= 4 is 40.6 Å². The molecule has 3 heterocycles. The molecule has 1 fully saturated rings. The summed E-state index contributed by atoms with van der Waals surface area (Å²) in [7, 11) is 0. The van der Waals surface area contributed by atoms with Gasteiger partial charge in [0.15, 0.2) is 17.6 Å². The molecule has 1 saturated heterocycles. The van der Waals surface area contributed by atoms with Crippen molar-refractivity contribution < 1.29 is 24.0 Å². The number of carbonyl (C=O) groups excluding carboxylic acids is 3. The van der Waals surface area contributed by atoms with Crippen LogP contribution >= 0.6 is 11.6 Å². The minimum absolute atomic E-state index is 0.0177. The molecule has 39 heavy (non-hydrogen) atoms. The summed E-state index contributed by atoms with van der Waals surface area (Å²) in [4.78, 5) is 56.6. The summed E-state index contributed by atoms with van der Waals surface area (Å²) in [6.07, 6.45) is 2.13. The van der Waals surface area contributed by atoms with Crippen molar-refractivity contribution in [3.05, 3.63) is 110 Å². The SMILES string of the molecule is Cc1cccc(C)c1N1C(=O)C2(C=CCN2C(=O)c2ccccc2[N+](=O)[O-])C2C(=O)c3cc(Cl)ccc3OC21. The number of benzene rings is 3. The third kappa shape index (κ3) is 3.43. The van der Waals surface area contributed by atoms with Gasteiger partial charge in [0.2, 0.25) is 0 Å². The van der Waals surface area contributed by atoms with Gasteiger partial charge in [-0.3, -0.25) is 29.4 Å².